The number of hydrogen-bond acceptors (Lipinski definition) is 0. The van der Waals surface area contributed by atoms with Crippen molar-refractivity contribution in [3.63, 3.8) is 0 Å². The molecule has 0 aromatic rings. The van der Waals surface area contributed by atoms with E-state index in [2.05, 4.69) is 69.9 Å². The monoisotopic (exact) mass is 453 g/mol. The fourth-order valence-corrected chi connectivity index (χ4v) is 4.02. The van der Waals surface area contributed by atoms with Gasteiger partial charge in [0, 0.05) is 0 Å². The minimum atomic E-state index is 0.446. The molecule has 111 valence electrons. The standard InChI is InChI=1S/2C6H15P.2BrH.Co/c2*1-4-7(5-2)6-3;;;/h2*4-6H2,1-3H3;2*1H;/q;;;;+2/p-2. The fraction of sp³-hybridized carbons (Fsp3) is 1.00. The van der Waals surface area contributed by atoms with E-state index in [4.69, 9.17) is 0 Å². The molecule has 0 nitrogen and oxygen atoms in total. The molecule has 17 heavy (non-hydrogen) atoms. The van der Waals surface area contributed by atoms with Crippen LogP contribution < -0.4 is 0 Å². The molecule has 0 saturated heterocycles. The molecule has 0 aliphatic carbocycles. The van der Waals surface area contributed by atoms with Gasteiger partial charge in [0.25, 0.3) is 0 Å². The van der Waals surface area contributed by atoms with E-state index in [1.54, 1.807) is 0 Å². The normalized spacial score (nSPS) is 9.76. The summed E-state index contributed by atoms with van der Waals surface area (Å²) in [6, 6.07) is 0. The molecule has 0 aliphatic rings. The first-order valence-corrected chi connectivity index (χ1v) is 15.3. The van der Waals surface area contributed by atoms with Crippen molar-refractivity contribution in [1.29, 1.82) is 0 Å². The fourth-order valence-electron chi connectivity index (χ4n) is 1.34. The molecule has 0 saturated carbocycles. The van der Waals surface area contributed by atoms with E-state index in [0.29, 0.717) is 15.8 Å². The number of halogens is 2. The first kappa shape index (κ1) is 24.4. The molecular formula is C12H30Br2CoP2. The van der Waals surface area contributed by atoms with Gasteiger partial charge in [-0.1, -0.05) is 41.5 Å². The van der Waals surface area contributed by atoms with Gasteiger partial charge in [-0.3, -0.25) is 0 Å². The minimum absolute atomic E-state index is 0.446. The Kier molecular flexibility index (Phi) is 33.5. The second-order valence-corrected chi connectivity index (χ2v) is 15.0. The second-order valence-electron chi connectivity index (χ2n) is 3.29. The first-order chi connectivity index (χ1) is 8.11. The zero-order valence-electron chi connectivity index (χ0n) is 12.2. The summed E-state index contributed by atoms with van der Waals surface area (Å²) in [6.45, 7) is 13.7. The van der Waals surface area contributed by atoms with Gasteiger partial charge in [0.2, 0.25) is 0 Å². The molecule has 0 atom stereocenters. The Morgan fingerprint density at radius 1 is 0.588 bits per heavy atom. The Bertz CT molecular complexity index is 87.7. The van der Waals surface area contributed by atoms with Gasteiger partial charge in [-0.25, -0.2) is 0 Å². The zero-order chi connectivity index (χ0) is 14.1. The van der Waals surface area contributed by atoms with Crippen LogP contribution in [0.25, 0.3) is 0 Å². The van der Waals surface area contributed by atoms with Crippen LogP contribution in [0.2, 0.25) is 0 Å². The molecule has 0 aliphatic heterocycles. The Labute approximate surface area is 133 Å². The molecule has 0 N–H and O–H groups in total. The summed E-state index contributed by atoms with van der Waals surface area (Å²) in [6.07, 6.45) is 8.51. The summed E-state index contributed by atoms with van der Waals surface area (Å²) < 4.78 is 0. The van der Waals surface area contributed by atoms with Gasteiger partial charge in [0.1, 0.15) is 0 Å². The van der Waals surface area contributed by atoms with Gasteiger partial charge < -0.3 is 0 Å². The van der Waals surface area contributed by atoms with Crippen molar-refractivity contribution in [3.05, 3.63) is 0 Å². The number of hydrogen-bond donors (Lipinski definition) is 0. The van der Waals surface area contributed by atoms with E-state index in [1.807, 2.05) is 0 Å². The van der Waals surface area contributed by atoms with Crippen molar-refractivity contribution in [1.82, 2.24) is 0 Å². The maximum atomic E-state index is 3.03. The van der Waals surface area contributed by atoms with Gasteiger partial charge in [-0.2, -0.15) is 0 Å². The van der Waals surface area contributed by atoms with Crippen LogP contribution in [-0.4, -0.2) is 37.0 Å². The van der Waals surface area contributed by atoms with E-state index < -0.39 is 0 Å². The van der Waals surface area contributed by atoms with Crippen LogP contribution in [-0.2, 0) is 11.1 Å². The van der Waals surface area contributed by atoms with Crippen LogP contribution >= 0.6 is 44.2 Å². The molecule has 0 bridgehead atoms. The van der Waals surface area contributed by atoms with Gasteiger partial charge in [-0.05, 0) is 37.0 Å². The Morgan fingerprint density at radius 2 is 0.706 bits per heavy atom. The summed E-state index contributed by atoms with van der Waals surface area (Å²) in [5, 5.41) is 0. The van der Waals surface area contributed by atoms with Crippen molar-refractivity contribution < 1.29 is 11.1 Å². The summed E-state index contributed by atoms with van der Waals surface area (Å²) in [5.41, 5.74) is 0. The van der Waals surface area contributed by atoms with Gasteiger partial charge in [0.05, 0.1) is 0 Å². The van der Waals surface area contributed by atoms with Crippen molar-refractivity contribution >= 4 is 44.2 Å². The molecule has 0 heterocycles. The first-order valence-electron chi connectivity index (χ1n) is 6.39. The summed E-state index contributed by atoms with van der Waals surface area (Å²) in [5.74, 6) is 0. The quantitative estimate of drug-likeness (QED) is 0.389. The SMILES string of the molecule is CCP(CC)CC.CCP(CC)CC.[Br][Co][Br]. The molecule has 0 amide bonds. The number of rotatable bonds is 6. The molecule has 0 fully saturated rings. The van der Waals surface area contributed by atoms with E-state index in [9.17, 15) is 0 Å². The average molecular weight is 455 g/mol. The van der Waals surface area contributed by atoms with Crippen molar-refractivity contribution in [2.24, 2.45) is 0 Å². The third kappa shape index (κ3) is 23.8. The van der Waals surface area contributed by atoms with Crippen molar-refractivity contribution in [2.45, 2.75) is 41.5 Å². The van der Waals surface area contributed by atoms with Crippen LogP contribution in [0.4, 0.5) is 0 Å². The van der Waals surface area contributed by atoms with Crippen LogP contribution in [0.1, 0.15) is 41.5 Å². The van der Waals surface area contributed by atoms with Gasteiger partial charge in [-0.15, -0.1) is 15.8 Å². The predicted octanol–water partition coefficient (Wildman–Crippen LogP) is 6.74. The summed E-state index contributed by atoms with van der Waals surface area (Å²) in [7, 11) is 0.892. The maximum absolute atomic E-state index is 3.03. The Hall–Kier alpha value is 2.33. The van der Waals surface area contributed by atoms with Crippen LogP contribution in [0, 0.1) is 0 Å². The average Bonchev–Trinajstić information content (AvgIpc) is 2.35. The van der Waals surface area contributed by atoms with Crippen LogP contribution in [0.15, 0.2) is 0 Å². The third-order valence-corrected chi connectivity index (χ3v) is 8.05. The van der Waals surface area contributed by atoms with Crippen LogP contribution in [0.3, 0.4) is 0 Å². The summed E-state index contributed by atoms with van der Waals surface area (Å²) >= 11 is 7.12. The molecule has 0 spiro atoms. The Morgan fingerprint density at radius 3 is 0.706 bits per heavy atom. The van der Waals surface area contributed by atoms with Gasteiger partial charge >= 0.3 is 39.5 Å². The molecule has 0 rings (SSSR count). The zero-order valence-corrected chi connectivity index (χ0v) is 18.2. The molecule has 0 unspecified atom stereocenters. The van der Waals surface area contributed by atoms with Gasteiger partial charge in [0.15, 0.2) is 0 Å². The van der Waals surface area contributed by atoms with E-state index in [0.717, 1.165) is 11.1 Å². The molecule has 0 radical (unpaired) electrons. The molecule has 0 aromatic carbocycles. The van der Waals surface area contributed by atoms with Crippen molar-refractivity contribution in [2.75, 3.05) is 37.0 Å². The van der Waals surface area contributed by atoms with Crippen molar-refractivity contribution in [3.8, 4) is 0 Å². The van der Waals surface area contributed by atoms with E-state index in [-0.39, 0.29) is 0 Å². The van der Waals surface area contributed by atoms with Crippen LogP contribution in [0.5, 0.6) is 0 Å². The van der Waals surface area contributed by atoms with E-state index >= 15 is 0 Å². The molecule has 0 aromatic heterocycles. The summed E-state index contributed by atoms with van der Waals surface area (Å²) in [4.78, 5) is 0. The topological polar surface area (TPSA) is 0 Å². The molecule has 5 heteroatoms. The Balaban J connectivity index is -0.000000188. The molecular weight excluding hydrogens is 425 g/mol. The van der Waals surface area contributed by atoms with E-state index in [1.165, 1.54) is 37.0 Å². The third-order valence-electron chi connectivity index (χ3n) is 2.68. The predicted molar refractivity (Wildman–Crippen MR) is 94.9 cm³/mol. The second kappa shape index (κ2) is 23.4.